The molecule has 1 amide bonds. The van der Waals surface area contributed by atoms with Crippen molar-refractivity contribution in [1.82, 2.24) is 24.6 Å². The fourth-order valence-corrected chi connectivity index (χ4v) is 4.80. The van der Waals surface area contributed by atoms with Gasteiger partial charge in [0, 0.05) is 30.6 Å². The number of carbonyl (C=O) groups excluding carboxylic acids is 2. The maximum absolute atomic E-state index is 13.1. The van der Waals surface area contributed by atoms with E-state index in [0.29, 0.717) is 54.0 Å². The molecule has 9 heteroatoms. The number of amides is 1. The number of nitrogen functional groups attached to an aromatic ring is 1. The van der Waals surface area contributed by atoms with Crippen LogP contribution in [-0.4, -0.2) is 49.4 Å². The van der Waals surface area contributed by atoms with Crippen molar-refractivity contribution in [3.05, 3.63) is 84.5 Å². The van der Waals surface area contributed by atoms with E-state index in [1.165, 1.54) is 36.7 Å². The minimum Gasteiger partial charge on any atom is -0.383 e. The lowest BCUT2D eigenvalue weighted by Crippen LogP contribution is -2.40. The third kappa shape index (κ3) is 4.97. The quantitative estimate of drug-likeness (QED) is 0.299. The van der Waals surface area contributed by atoms with Crippen molar-refractivity contribution in [3.63, 3.8) is 0 Å². The Hall–Kier alpha value is -4.40. The SMILES string of the molecule is C=CC(=O)N1CCCC(n2nc(-c3ccc(CCC(=O)c4ccc(F)cc4)cc3)c3c(N)ncnc32)C1. The molecule has 0 aliphatic carbocycles. The first kappa shape index (κ1) is 24.3. The number of likely N-dealkylation sites (tertiary alicyclic amines) is 1. The number of halogens is 1. The lowest BCUT2D eigenvalue weighted by Gasteiger charge is -2.32. The van der Waals surface area contributed by atoms with Crippen LogP contribution in [0.25, 0.3) is 22.3 Å². The minimum atomic E-state index is -0.362. The lowest BCUT2D eigenvalue weighted by molar-refractivity contribution is -0.127. The van der Waals surface area contributed by atoms with Crippen LogP contribution >= 0.6 is 0 Å². The summed E-state index contributed by atoms with van der Waals surface area (Å²) in [4.78, 5) is 35.1. The van der Waals surface area contributed by atoms with E-state index in [4.69, 9.17) is 10.8 Å². The molecule has 5 rings (SSSR count). The molecule has 1 unspecified atom stereocenters. The van der Waals surface area contributed by atoms with Crippen molar-refractivity contribution in [2.24, 2.45) is 0 Å². The Morgan fingerprint density at radius 2 is 1.86 bits per heavy atom. The van der Waals surface area contributed by atoms with Crippen LogP contribution in [0.3, 0.4) is 0 Å². The summed E-state index contributed by atoms with van der Waals surface area (Å²) in [6.45, 7) is 4.81. The second kappa shape index (κ2) is 10.3. The van der Waals surface area contributed by atoms with E-state index in [1.54, 1.807) is 4.90 Å². The lowest BCUT2D eigenvalue weighted by atomic mass is 10.0. The Bertz CT molecular complexity index is 1460. The van der Waals surface area contributed by atoms with Crippen molar-refractivity contribution in [3.8, 4) is 11.3 Å². The fourth-order valence-electron chi connectivity index (χ4n) is 4.80. The molecule has 8 nitrogen and oxygen atoms in total. The summed E-state index contributed by atoms with van der Waals surface area (Å²) in [6.07, 6.45) is 5.37. The number of nitrogens with two attached hydrogens (primary N) is 1. The highest BCUT2D eigenvalue weighted by atomic mass is 19.1. The van der Waals surface area contributed by atoms with Gasteiger partial charge in [-0.2, -0.15) is 5.10 Å². The summed E-state index contributed by atoms with van der Waals surface area (Å²) in [5.74, 6) is -0.145. The number of aromatic nitrogens is 4. The number of hydrogen-bond donors (Lipinski definition) is 1. The Morgan fingerprint density at radius 1 is 1.11 bits per heavy atom. The van der Waals surface area contributed by atoms with E-state index in [1.807, 2.05) is 28.9 Å². The summed E-state index contributed by atoms with van der Waals surface area (Å²) in [6, 6.07) is 13.4. The highest BCUT2D eigenvalue weighted by molar-refractivity contribution is 5.98. The van der Waals surface area contributed by atoms with Gasteiger partial charge in [0.05, 0.1) is 11.4 Å². The van der Waals surface area contributed by atoms with Crippen molar-refractivity contribution >= 4 is 28.5 Å². The first-order chi connectivity index (χ1) is 17.9. The van der Waals surface area contributed by atoms with E-state index in [-0.39, 0.29) is 23.5 Å². The molecule has 4 aromatic rings. The molecule has 0 radical (unpaired) electrons. The van der Waals surface area contributed by atoms with E-state index in [9.17, 15) is 14.0 Å². The fraction of sp³-hybridized carbons (Fsp3) is 0.250. The van der Waals surface area contributed by atoms with E-state index >= 15 is 0 Å². The smallest absolute Gasteiger partial charge is 0.246 e. The van der Waals surface area contributed by atoms with Crippen LogP contribution in [0.4, 0.5) is 10.2 Å². The first-order valence-electron chi connectivity index (χ1n) is 12.2. The normalized spacial score (nSPS) is 15.6. The number of anilines is 1. The molecule has 3 heterocycles. The minimum absolute atomic E-state index is 0.0322. The van der Waals surface area contributed by atoms with Gasteiger partial charge >= 0.3 is 0 Å². The molecule has 1 aliphatic heterocycles. The van der Waals surface area contributed by atoms with Gasteiger partial charge < -0.3 is 10.6 Å². The number of aryl methyl sites for hydroxylation is 1. The maximum Gasteiger partial charge on any atom is 0.246 e. The third-order valence-electron chi connectivity index (χ3n) is 6.78. The molecule has 1 aliphatic rings. The molecule has 0 saturated carbocycles. The largest absolute Gasteiger partial charge is 0.383 e. The summed E-state index contributed by atoms with van der Waals surface area (Å²) in [7, 11) is 0. The maximum atomic E-state index is 13.1. The second-order valence-corrected chi connectivity index (χ2v) is 9.16. The molecule has 2 aromatic carbocycles. The monoisotopic (exact) mass is 498 g/mol. The Kier molecular flexibility index (Phi) is 6.76. The molecule has 1 saturated heterocycles. The number of nitrogens with zero attached hydrogens (tertiary/aromatic N) is 5. The topological polar surface area (TPSA) is 107 Å². The number of hydrogen-bond acceptors (Lipinski definition) is 6. The average molecular weight is 499 g/mol. The van der Waals surface area contributed by atoms with Gasteiger partial charge in [-0.15, -0.1) is 0 Å². The van der Waals surface area contributed by atoms with Gasteiger partial charge in [0.2, 0.25) is 5.91 Å². The van der Waals surface area contributed by atoms with E-state index in [0.717, 1.165) is 24.0 Å². The van der Waals surface area contributed by atoms with Crippen molar-refractivity contribution in [2.75, 3.05) is 18.8 Å². The molecule has 188 valence electrons. The number of fused-ring (bicyclic) bond motifs is 1. The van der Waals surface area contributed by atoms with Gasteiger partial charge in [-0.25, -0.2) is 19.0 Å². The predicted octanol–water partition coefficient (Wildman–Crippen LogP) is 4.38. The average Bonchev–Trinajstić information content (AvgIpc) is 3.33. The number of rotatable bonds is 7. The number of carbonyl (C=O) groups is 2. The van der Waals surface area contributed by atoms with Crippen LogP contribution < -0.4 is 5.73 Å². The third-order valence-corrected chi connectivity index (χ3v) is 6.78. The van der Waals surface area contributed by atoms with Gasteiger partial charge in [-0.3, -0.25) is 9.59 Å². The Balaban J connectivity index is 1.39. The van der Waals surface area contributed by atoms with Gasteiger partial charge in [0.15, 0.2) is 11.4 Å². The first-order valence-corrected chi connectivity index (χ1v) is 12.2. The van der Waals surface area contributed by atoms with Gasteiger partial charge in [-0.05, 0) is 55.2 Å². The Morgan fingerprint density at radius 3 is 2.59 bits per heavy atom. The number of piperidine rings is 1. The van der Waals surface area contributed by atoms with Crippen molar-refractivity contribution in [2.45, 2.75) is 31.7 Å². The van der Waals surface area contributed by atoms with Crippen molar-refractivity contribution in [1.29, 1.82) is 0 Å². The summed E-state index contributed by atoms with van der Waals surface area (Å²) < 4.78 is 15.0. The Labute approximate surface area is 213 Å². The summed E-state index contributed by atoms with van der Waals surface area (Å²) >= 11 is 0. The van der Waals surface area contributed by atoms with Crippen LogP contribution in [0.5, 0.6) is 0 Å². The predicted molar refractivity (Wildman–Crippen MR) is 139 cm³/mol. The van der Waals surface area contributed by atoms with Crippen LogP contribution in [0.15, 0.2) is 67.5 Å². The molecule has 1 fully saturated rings. The highest BCUT2D eigenvalue weighted by Gasteiger charge is 2.28. The van der Waals surface area contributed by atoms with Crippen molar-refractivity contribution < 1.29 is 14.0 Å². The number of benzene rings is 2. The van der Waals surface area contributed by atoms with Gasteiger partial charge in [0.25, 0.3) is 0 Å². The number of Topliss-reactive ketones (excluding diaryl/α,β-unsaturated/α-hetero) is 1. The zero-order chi connectivity index (χ0) is 25.9. The van der Waals surface area contributed by atoms with Gasteiger partial charge in [0.1, 0.15) is 23.7 Å². The molecule has 0 bridgehead atoms. The van der Waals surface area contributed by atoms with E-state index in [2.05, 4.69) is 16.5 Å². The van der Waals surface area contributed by atoms with Crippen LogP contribution in [0.2, 0.25) is 0 Å². The summed E-state index contributed by atoms with van der Waals surface area (Å²) in [5, 5.41) is 5.57. The van der Waals surface area contributed by atoms with Gasteiger partial charge in [-0.1, -0.05) is 30.8 Å². The molecule has 0 spiro atoms. The zero-order valence-electron chi connectivity index (χ0n) is 20.3. The summed E-state index contributed by atoms with van der Waals surface area (Å²) in [5.41, 5.74) is 9.93. The molecule has 1 atom stereocenters. The molecular formula is C28H27FN6O2. The molecule has 2 aromatic heterocycles. The van der Waals surface area contributed by atoms with Crippen LogP contribution in [0, 0.1) is 5.82 Å². The second-order valence-electron chi connectivity index (χ2n) is 9.16. The van der Waals surface area contributed by atoms with E-state index < -0.39 is 0 Å². The molecule has 2 N–H and O–H groups in total. The molecular weight excluding hydrogens is 471 g/mol. The number of ketones is 1. The van der Waals surface area contributed by atoms with Crippen LogP contribution in [-0.2, 0) is 11.2 Å². The molecule has 37 heavy (non-hydrogen) atoms. The highest BCUT2D eigenvalue weighted by Crippen LogP contribution is 2.34. The standard InChI is InChI=1S/C28H27FN6O2/c1-2-24(37)34-15-3-4-22(16-34)35-28-25(27(30)31-17-32-28)26(33-35)20-8-5-18(6-9-20)7-14-23(36)19-10-12-21(29)13-11-19/h2,5-6,8-13,17,22H,1,3-4,7,14-16H2,(H2,30,31,32). The van der Waals surface area contributed by atoms with Crippen LogP contribution in [0.1, 0.15) is 41.2 Å². The zero-order valence-corrected chi connectivity index (χ0v) is 20.3.